The highest BCUT2D eigenvalue weighted by Crippen LogP contribution is 2.43. The van der Waals surface area contributed by atoms with E-state index in [0.29, 0.717) is 42.5 Å². The Hall–Kier alpha value is -4.19. The lowest BCUT2D eigenvalue weighted by Crippen LogP contribution is -2.34. The zero-order chi connectivity index (χ0) is 25.7. The Labute approximate surface area is 210 Å². The van der Waals surface area contributed by atoms with E-state index < -0.39 is 0 Å². The van der Waals surface area contributed by atoms with E-state index in [1.807, 2.05) is 56.3 Å². The molecule has 0 unspecified atom stereocenters. The summed E-state index contributed by atoms with van der Waals surface area (Å²) in [5.74, 6) is 0.750. The van der Waals surface area contributed by atoms with Gasteiger partial charge in [-0.05, 0) is 69.4 Å². The number of fused-ring (bicyclic) bond motifs is 1. The summed E-state index contributed by atoms with van der Waals surface area (Å²) < 4.78 is 8.19. The Morgan fingerprint density at radius 2 is 2.00 bits per heavy atom. The topological polar surface area (TPSA) is 139 Å². The number of amidine groups is 1. The van der Waals surface area contributed by atoms with Crippen LogP contribution in [0.25, 0.3) is 22.2 Å². The molecule has 4 N–H and O–H groups in total. The highest BCUT2D eigenvalue weighted by Gasteiger charge is 2.28. The quantitative estimate of drug-likeness (QED) is 0.117. The van der Waals surface area contributed by atoms with Gasteiger partial charge in [-0.25, -0.2) is 10.3 Å². The number of carbonyl (C=O) groups excluding carboxylic acids is 1. The first-order valence-corrected chi connectivity index (χ1v) is 12.2. The third-order valence-electron chi connectivity index (χ3n) is 6.33. The predicted octanol–water partition coefficient (Wildman–Crippen LogP) is 6.60. The van der Waals surface area contributed by atoms with Gasteiger partial charge in [0.2, 0.25) is 0 Å². The third kappa shape index (κ3) is 5.38. The van der Waals surface area contributed by atoms with Crippen LogP contribution in [0, 0.1) is 22.3 Å². The summed E-state index contributed by atoms with van der Waals surface area (Å²) in [5, 5.41) is 27.3. The zero-order valence-corrected chi connectivity index (χ0v) is 20.6. The number of nitriles is 1. The molecular weight excluding hydrogens is 454 g/mol. The van der Waals surface area contributed by atoms with E-state index in [-0.39, 0.29) is 17.9 Å². The number of ether oxygens (including phenoxy) is 1. The van der Waals surface area contributed by atoms with Crippen molar-refractivity contribution in [1.82, 2.24) is 9.88 Å². The van der Waals surface area contributed by atoms with Crippen molar-refractivity contribution in [1.29, 1.82) is 16.2 Å². The molecule has 36 heavy (non-hydrogen) atoms. The standard InChI is InChI=1S/C27H31N7O2/c1-17(2)31-27(35)32-19-10-8-18(9-11-19)26-23(16-28)22-13-12-21(36-14-4-7-25(29)33-30)15-24(22)34(26)20-5-3-6-20/h8-13,15,17,20,29-30H,3-7,14H2,1-2H3,(H2,31,32,35). The Balaban J connectivity index is 1.66. The summed E-state index contributed by atoms with van der Waals surface area (Å²) in [6.45, 7) is 4.23. The minimum Gasteiger partial charge on any atom is -0.494 e. The SMILES string of the molecule is CC(C)NC(=O)Nc1ccc(-c2c(C#N)c3ccc(OCCCC(=N)N=N)cc3n2C2CCC2)cc1. The van der Waals surface area contributed by atoms with E-state index in [9.17, 15) is 10.1 Å². The van der Waals surface area contributed by atoms with E-state index in [4.69, 9.17) is 15.7 Å². The molecule has 0 aliphatic heterocycles. The Morgan fingerprint density at radius 3 is 2.61 bits per heavy atom. The van der Waals surface area contributed by atoms with Gasteiger partial charge in [-0.1, -0.05) is 12.1 Å². The molecule has 2 aromatic carbocycles. The molecule has 1 aliphatic carbocycles. The lowest BCUT2D eigenvalue weighted by molar-refractivity contribution is 0.250. The number of hydrogen-bond acceptors (Lipinski definition) is 5. The highest BCUT2D eigenvalue weighted by molar-refractivity contribution is 5.96. The van der Waals surface area contributed by atoms with Crippen LogP contribution in [0.4, 0.5) is 10.5 Å². The van der Waals surface area contributed by atoms with Crippen LogP contribution in [0.15, 0.2) is 47.6 Å². The van der Waals surface area contributed by atoms with Gasteiger partial charge in [-0.15, -0.1) is 5.11 Å². The van der Waals surface area contributed by atoms with Crippen LogP contribution >= 0.6 is 0 Å². The van der Waals surface area contributed by atoms with Crippen molar-refractivity contribution in [2.45, 2.75) is 58.0 Å². The van der Waals surface area contributed by atoms with Crippen LogP contribution in [0.1, 0.15) is 57.6 Å². The molecular formula is C27H31N7O2. The number of aromatic nitrogens is 1. The van der Waals surface area contributed by atoms with Gasteiger partial charge in [0.1, 0.15) is 17.7 Å². The normalized spacial score (nSPS) is 13.2. The maximum Gasteiger partial charge on any atom is 0.319 e. The summed E-state index contributed by atoms with van der Waals surface area (Å²) >= 11 is 0. The second-order valence-corrected chi connectivity index (χ2v) is 9.31. The van der Waals surface area contributed by atoms with E-state index >= 15 is 0 Å². The minimum atomic E-state index is -0.252. The molecule has 9 nitrogen and oxygen atoms in total. The molecule has 1 heterocycles. The van der Waals surface area contributed by atoms with Gasteiger partial charge in [-0.2, -0.15) is 5.26 Å². The predicted molar refractivity (Wildman–Crippen MR) is 140 cm³/mol. The lowest BCUT2D eigenvalue weighted by atomic mass is 9.92. The Bertz CT molecular complexity index is 1310. The minimum absolute atomic E-state index is 0.0398. The maximum atomic E-state index is 12.1. The van der Waals surface area contributed by atoms with Crippen molar-refractivity contribution >= 4 is 28.5 Å². The molecule has 0 spiro atoms. The lowest BCUT2D eigenvalue weighted by Gasteiger charge is -2.30. The fourth-order valence-corrected chi connectivity index (χ4v) is 4.43. The van der Waals surface area contributed by atoms with E-state index in [1.165, 1.54) is 0 Å². The molecule has 0 atom stereocenters. The second-order valence-electron chi connectivity index (χ2n) is 9.31. The molecule has 1 aromatic heterocycles. The van der Waals surface area contributed by atoms with Crippen molar-refractivity contribution in [2.75, 3.05) is 11.9 Å². The summed E-state index contributed by atoms with van der Waals surface area (Å²) in [4.78, 5) is 12.1. The van der Waals surface area contributed by atoms with Gasteiger partial charge >= 0.3 is 6.03 Å². The van der Waals surface area contributed by atoms with Crippen molar-refractivity contribution in [3.05, 3.63) is 48.0 Å². The maximum absolute atomic E-state index is 12.1. The van der Waals surface area contributed by atoms with Crippen LogP contribution in [0.5, 0.6) is 5.75 Å². The zero-order valence-electron chi connectivity index (χ0n) is 20.6. The van der Waals surface area contributed by atoms with Crippen LogP contribution in [0.3, 0.4) is 0 Å². The molecule has 2 amide bonds. The van der Waals surface area contributed by atoms with Gasteiger partial charge in [0.25, 0.3) is 0 Å². The van der Waals surface area contributed by atoms with Gasteiger partial charge in [0.05, 0.1) is 23.4 Å². The smallest absolute Gasteiger partial charge is 0.319 e. The van der Waals surface area contributed by atoms with Gasteiger partial charge < -0.3 is 19.9 Å². The van der Waals surface area contributed by atoms with Crippen LogP contribution in [-0.2, 0) is 0 Å². The number of benzene rings is 2. The van der Waals surface area contributed by atoms with Crippen molar-refractivity contribution in [3.8, 4) is 23.1 Å². The largest absolute Gasteiger partial charge is 0.494 e. The molecule has 1 fully saturated rings. The first kappa shape index (κ1) is 24.9. The molecule has 4 rings (SSSR count). The fraction of sp³-hybridized carbons (Fsp3) is 0.370. The van der Waals surface area contributed by atoms with Crippen LogP contribution < -0.4 is 15.4 Å². The number of urea groups is 1. The number of carbonyl (C=O) groups is 1. The summed E-state index contributed by atoms with van der Waals surface area (Å²) in [6.07, 6.45) is 4.27. The van der Waals surface area contributed by atoms with Gasteiger partial charge in [0, 0.05) is 35.6 Å². The molecule has 0 radical (unpaired) electrons. The number of nitrogens with zero attached hydrogens (tertiary/aromatic N) is 3. The molecule has 0 saturated heterocycles. The van der Waals surface area contributed by atoms with Crippen molar-refractivity contribution in [3.63, 3.8) is 0 Å². The molecule has 1 saturated carbocycles. The number of rotatable bonds is 9. The average molecular weight is 486 g/mol. The van der Waals surface area contributed by atoms with Gasteiger partial charge in [0.15, 0.2) is 0 Å². The number of nitrogens with one attached hydrogen (secondary N) is 4. The highest BCUT2D eigenvalue weighted by atomic mass is 16.5. The van der Waals surface area contributed by atoms with E-state index in [1.54, 1.807) is 0 Å². The average Bonchev–Trinajstić information content (AvgIpc) is 3.13. The van der Waals surface area contributed by atoms with Crippen LogP contribution in [-0.4, -0.2) is 29.1 Å². The van der Waals surface area contributed by atoms with Crippen molar-refractivity contribution < 1.29 is 9.53 Å². The first-order valence-electron chi connectivity index (χ1n) is 12.2. The fourth-order valence-electron chi connectivity index (χ4n) is 4.43. The Morgan fingerprint density at radius 1 is 1.25 bits per heavy atom. The van der Waals surface area contributed by atoms with Gasteiger partial charge in [-0.3, -0.25) is 5.41 Å². The molecule has 0 bridgehead atoms. The number of amides is 2. The molecule has 3 aromatic rings. The summed E-state index contributed by atoms with van der Waals surface area (Å²) in [7, 11) is 0. The monoisotopic (exact) mass is 485 g/mol. The summed E-state index contributed by atoms with van der Waals surface area (Å²) in [5.41, 5.74) is 11.0. The number of anilines is 1. The molecule has 1 aliphatic rings. The second kappa shape index (κ2) is 11.0. The number of hydrogen-bond donors (Lipinski definition) is 4. The van der Waals surface area contributed by atoms with Crippen LogP contribution in [0.2, 0.25) is 0 Å². The first-order chi connectivity index (χ1) is 17.4. The Kier molecular flexibility index (Phi) is 7.64. The third-order valence-corrected chi connectivity index (χ3v) is 6.33. The molecule has 9 heteroatoms. The summed E-state index contributed by atoms with van der Waals surface area (Å²) in [6, 6.07) is 15.9. The van der Waals surface area contributed by atoms with E-state index in [0.717, 1.165) is 41.4 Å². The van der Waals surface area contributed by atoms with Crippen molar-refractivity contribution in [2.24, 2.45) is 5.11 Å². The molecule has 186 valence electrons. The van der Waals surface area contributed by atoms with E-state index in [2.05, 4.69) is 26.4 Å².